The molecule has 1 aliphatic heterocycles. The van der Waals surface area contributed by atoms with Crippen LogP contribution in [-0.2, 0) is 4.74 Å². The van der Waals surface area contributed by atoms with Gasteiger partial charge in [-0.3, -0.25) is 14.9 Å². The summed E-state index contributed by atoms with van der Waals surface area (Å²) in [6, 6.07) is 15.5. The molecule has 2 aromatic carbocycles. The molecule has 2 aromatic heterocycles. The van der Waals surface area contributed by atoms with Gasteiger partial charge in [-0.25, -0.2) is 4.98 Å². The summed E-state index contributed by atoms with van der Waals surface area (Å²) in [5.74, 6) is 0.752. The fraction of sp³-hybridized carbons (Fsp3) is 0.261. The topological polar surface area (TPSA) is 84.7 Å². The zero-order chi connectivity index (χ0) is 22.1. The number of para-hydroxylation sites is 1. The van der Waals surface area contributed by atoms with E-state index >= 15 is 0 Å². The Hall–Kier alpha value is -3.43. The van der Waals surface area contributed by atoms with Crippen molar-refractivity contribution in [2.24, 2.45) is 5.10 Å². The Balaban J connectivity index is 1.65. The molecule has 0 spiro atoms. The molecule has 8 nitrogen and oxygen atoms in total. The van der Waals surface area contributed by atoms with Gasteiger partial charge in [0.15, 0.2) is 0 Å². The summed E-state index contributed by atoms with van der Waals surface area (Å²) in [5, 5.41) is 10.6. The smallest absolute Gasteiger partial charge is 0.283 e. The minimum atomic E-state index is -0.176. The second-order valence-corrected chi connectivity index (χ2v) is 8.46. The molecule has 164 valence electrons. The normalized spacial score (nSPS) is 14.8. The standard InChI is InChI=1S/C23H23N5O3S/c1-15(25-27-11-13-31-14-12-27)20-21(16-7-9-17(30-2)10-8-16)26-28(22(20)29)23-24-18-5-3-4-6-19(18)32-23/h3-10,26H,11-14H2,1-2H3/b25-15+. The number of aromatic amines is 1. The first kappa shape index (κ1) is 20.5. The molecular formula is C23H23N5O3S. The van der Waals surface area contributed by atoms with Gasteiger partial charge in [-0.1, -0.05) is 23.5 Å². The molecule has 3 heterocycles. The number of nitrogens with one attached hydrogen (secondary N) is 1. The highest BCUT2D eigenvalue weighted by atomic mass is 32.1. The number of hydrazone groups is 1. The zero-order valence-corrected chi connectivity index (χ0v) is 18.7. The van der Waals surface area contributed by atoms with Crippen molar-refractivity contribution >= 4 is 27.3 Å². The van der Waals surface area contributed by atoms with Crippen LogP contribution in [0.2, 0.25) is 0 Å². The summed E-state index contributed by atoms with van der Waals surface area (Å²) < 4.78 is 13.2. The van der Waals surface area contributed by atoms with E-state index in [-0.39, 0.29) is 5.56 Å². The van der Waals surface area contributed by atoms with Gasteiger partial charge in [-0.15, -0.1) is 0 Å². The number of thiazole rings is 1. The van der Waals surface area contributed by atoms with Crippen LogP contribution in [-0.4, -0.2) is 58.9 Å². The molecule has 1 fully saturated rings. The average molecular weight is 450 g/mol. The van der Waals surface area contributed by atoms with E-state index in [0.29, 0.717) is 48.4 Å². The van der Waals surface area contributed by atoms with Crippen LogP contribution in [0.15, 0.2) is 58.4 Å². The molecule has 4 aromatic rings. The predicted molar refractivity (Wildman–Crippen MR) is 126 cm³/mol. The van der Waals surface area contributed by atoms with Crippen LogP contribution in [0.4, 0.5) is 0 Å². The number of ether oxygens (including phenoxy) is 2. The third-order valence-corrected chi connectivity index (χ3v) is 6.41. The van der Waals surface area contributed by atoms with E-state index in [4.69, 9.17) is 14.6 Å². The number of rotatable bonds is 5. The van der Waals surface area contributed by atoms with Crippen molar-refractivity contribution in [3.05, 3.63) is 64.4 Å². The minimum Gasteiger partial charge on any atom is -0.497 e. The van der Waals surface area contributed by atoms with Crippen LogP contribution in [0.1, 0.15) is 12.5 Å². The van der Waals surface area contributed by atoms with Crippen LogP contribution < -0.4 is 10.3 Å². The van der Waals surface area contributed by atoms with E-state index < -0.39 is 0 Å². The van der Waals surface area contributed by atoms with E-state index in [2.05, 4.69) is 10.1 Å². The van der Waals surface area contributed by atoms with E-state index in [9.17, 15) is 4.79 Å². The molecule has 32 heavy (non-hydrogen) atoms. The lowest BCUT2D eigenvalue weighted by Gasteiger charge is -2.24. The van der Waals surface area contributed by atoms with Crippen LogP contribution in [0.5, 0.6) is 5.75 Å². The number of H-pyrrole nitrogens is 1. The molecule has 1 N–H and O–H groups in total. The van der Waals surface area contributed by atoms with Gasteiger partial charge in [0.1, 0.15) is 5.75 Å². The van der Waals surface area contributed by atoms with Crippen LogP contribution >= 0.6 is 11.3 Å². The largest absolute Gasteiger partial charge is 0.497 e. The lowest BCUT2D eigenvalue weighted by molar-refractivity contribution is 0.0393. The summed E-state index contributed by atoms with van der Waals surface area (Å²) in [6.45, 7) is 4.53. The second kappa shape index (κ2) is 8.60. The van der Waals surface area contributed by atoms with E-state index in [1.807, 2.05) is 60.5 Å². The van der Waals surface area contributed by atoms with Gasteiger partial charge in [-0.05, 0) is 43.3 Å². The lowest BCUT2D eigenvalue weighted by Crippen LogP contribution is -2.33. The molecule has 1 saturated heterocycles. The van der Waals surface area contributed by atoms with Gasteiger partial charge in [0.05, 0.1) is 60.6 Å². The van der Waals surface area contributed by atoms with E-state index in [1.165, 1.54) is 16.0 Å². The number of aromatic nitrogens is 3. The number of hydrogen-bond acceptors (Lipinski definition) is 7. The predicted octanol–water partition coefficient (Wildman–Crippen LogP) is 3.51. The molecule has 0 saturated carbocycles. The van der Waals surface area contributed by atoms with Gasteiger partial charge in [0.25, 0.3) is 5.56 Å². The van der Waals surface area contributed by atoms with Crippen LogP contribution in [0, 0.1) is 0 Å². The molecule has 1 aliphatic rings. The molecule has 0 bridgehead atoms. The first-order valence-corrected chi connectivity index (χ1v) is 11.2. The van der Waals surface area contributed by atoms with E-state index in [1.54, 1.807) is 7.11 Å². The monoisotopic (exact) mass is 449 g/mol. The molecule has 0 atom stereocenters. The molecular weight excluding hydrogens is 426 g/mol. The third-order valence-electron chi connectivity index (χ3n) is 5.38. The fourth-order valence-electron chi connectivity index (χ4n) is 3.75. The molecule has 5 rings (SSSR count). The number of fused-ring (bicyclic) bond motifs is 1. The van der Waals surface area contributed by atoms with Gasteiger partial charge < -0.3 is 9.47 Å². The summed E-state index contributed by atoms with van der Waals surface area (Å²) in [5.41, 5.74) is 3.44. The fourth-order valence-corrected chi connectivity index (χ4v) is 4.67. The molecule has 0 radical (unpaired) electrons. The summed E-state index contributed by atoms with van der Waals surface area (Å²) in [4.78, 5) is 18.3. The van der Waals surface area contributed by atoms with Crippen molar-refractivity contribution < 1.29 is 9.47 Å². The number of morpholine rings is 1. The highest BCUT2D eigenvalue weighted by Gasteiger charge is 2.22. The van der Waals surface area contributed by atoms with Crippen molar-refractivity contribution in [3.63, 3.8) is 0 Å². The number of methoxy groups -OCH3 is 1. The van der Waals surface area contributed by atoms with Gasteiger partial charge in [0.2, 0.25) is 5.13 Å². The number of hydrogen-bond donors (Lipinski definition) is 1. The summed E-state index contributed by atoms with van der Waals surface area (Å²) in [6.07, 6.45) is 0. The molecule has 0 amide bonds. The second-order valence-electron chi connectivity index (χ2n) is 7.45. The SMILES string of the molecule is COc1ccc(-c2[nH]n(-c3nc4ccccc4s3)c(=O)c2/C(C)=N/N2CCOCC2)cc1. The maximum atomic E-state index is 13.6. The third kappa shape index (κ3) is 3.80. The maximum absolute atomic E-state index is 13.6. The minimum absolute atomic E-state index is 0.176. The molecule has 9 heteroatoms. The van der Waals surface area contributed by atoms with Crippen molar-refractivity contribution in [2.45, 2.75) is 6.92 Å². The van der Waals surface area contributed by atoms with E-state index in [0.717, 1.165) is 21.5 Å². The highest BCUT2D eigenvalue weighted by Crippen LogP contribution is 2.27. The van der Waals surface area contributed by atoms with Crippen molar-refractivity contribution in [2.75, 3.05) is 33.4 Å². The Labute approximate surface area is 188 Å². The average Bonchev–Trinajstić information content (AvgIpc) is 3.40. The Bertz CT molecular complexity index is 1300. The summed E-state index contributed by atoms with van der Waals surface area (Å²) in [7, 11) is 1.63. The van der Waals surface area contributed by atoms with Crippen molar-refractivity contribution in [1.29, 1.82) is 0 Å². The Kier molecular flexibility index (Phi) is 5.50. The van der Waals surface area contributed by atoms with Gasteiger partial charge in [0, 0.05) is 5.56 Å². The summed E-state index contributed by atoms with van der Waals surface area (Å²) >= 11 is 1.47. The van der Waals surface area contributed by atoms with Crippen LogP contribution in [0.25, 0.3) is 26.6 Å². The number of nitrogens with zero attached hydrogens (tertiary/aromatic N) is 4. The molecule has 0 unspecified atom stereocenters. The van der Waals surface area contributed by atoms with Gasteiger partial charge in [-0.2, -0.15) is 9.78 Å². The van der Waals surface area contributed by atoms with Gasteiger partial charge >= 0.3 is 0 Å². The first-order valence-electron chi connectivity index (χ1n) is 10.4. The van der Waals surface area contributed by atoms with Crippen molar-refractivity contribution in [1.82, 2.24) is 19.8 Å². The first-order chi connectivity index (χ1) is 15.6. The van der Waals surface area contributed by atoms with Crippen molar-refractivity contribution in [3.8, 4) is 22.1 Å². The number of benzene rings is 2. The highest BCUT2D eigenvalue weighted by molar-refractivity contribution is 7.20. The lowest BCUT2D eigenvalue weighted by atomic mass is 10.1. The zero-order valence-electron chi connectivity index (χ0n) is 17.9. The Morgan fingerprint density at radius 2 is 1.91 bits per heavy atom. The molecule has 0 aliphatic carbocycles. The Morgan fingerprint density at radius 1 is 1.16 bits per heavy atom. The quantitative estimate of drug-likeness (QED) is 0.472. The van der Waals surface area contributed by atoms with Crippen LogP contribution in [0.3, 0.4) is 0 Å². The Morgan fingerprint density at radius 3 is 2.62 bits per heavy atom. The maximum Gasteiger partial charge on any atom is 0.283 e.